The van der Waals surface area contributed by atoms with E-state index in [1.165, 1.54) is 11.8 Å². The molecule has 4 rings (SSSR count). The Morgan fingerprint density at radius 1 is 1.03 bits per heavy atom. The lowest BCUT2D eigenvalue weighted by Crippen LogP contribution is -2.14. The molecule has 0 atom stereocenters. The average molecular weight is 490 g/mol. The number of amides is 1. The summed E-state index contributed by atoms with van der Waals surface area (Å²) in [4.78, 5) is 30.0. The monoisotopic (exact) mass is 489 g/mol. The predicted octanol–water partition coefficient (Wildman–Crippen LogP) is 5.14. The van der Waals surface area contributed by atoms with Gasteiger partial charge in [0.15, 0.2) is 6.61 Å². The molecule has 1 heterocycles. The minimum atomic E-state index is -0.548. The summed E-state index contributed by atoms with van der Waals surface area (Å²) in [5, 5.41) is 6.78. The topological polar surface area (TPSA) is 104 Å². The van der Waals surface area contributed by atoms with E-state index < -0.39 is 5.97 Å². The van der Waals surface area contributed by atoms with Gasteiger partial charge in [-0.05, 0) is 43.3 Å². The molecule has 0 saturated heterocycles. The summed E-state index contributed by atoms with van der Waals surface area (Å²) in [6.07, 6.45) is 0. The van der Waals surface area contributed by atoms with Gasteiger partial charge >= 0.3 is 5.97 Å². The quantitative estimate of drug-likeness (QED) is 0.255. The molecule has 35 heavy (non-hydrogen) atoms. The normalized spacial score (nSPS) is 10.6. The van der Waals surface area contributed by atoms with E-state index in [2.05, 4.69) is 15.5 Å². The molecule has 8 nitrogen and oxygen atoms in total. The fraction of sp³-hybridized carbons (Fsp3) is 0.154. The second-order valence-electron chi connectivity index (χ2n) is 7.52. The maximum Gasteiger partial charge on any atom is 0.339 e. The molecular weight excluding hydrogens is 466 g/mol. The van der Waals surface area contributed by atoms with Crippen LogP contribution in [0.15, 0.2) is 82.2 Å². The number of aromatic nitrogens is 2. The van der Waals surface area contributed by atoms with E-state index in [-0.39, 0.29) is 24.2 Å². The van der Waals surface area contributed by atoms with Gasteiger partial charge in [0.2, 0.25) is 11.7 Å². The third-order valence-electron chi connectivity index (χ3n) is 4.92. The van der Waals surface area contributed by atoms with Crippen molar-refractivity contribution in [3.05, 3.63) is 89.8 Å². The third-order valence-corrected chi connectivity index (χ3v) is 6.00. The molecule has 1 aromatic heterocycles. The zero-order valence-corrected chi connectivity index (χ0v) is 20.0. The summed E-state index contributed by atoms with van der Waals surface area (Å²) >= 11 is 1.26. The number of nitrogens with zero attached hydrogens (tertiary/aromatic N) is 2. The molecule has 0 saturated carbocycles. The zero-order valence-electron chi connectivity index (χ0n) is 19.2. The second kappa shape index (κ2) is 11.3. The molecule has 0 fully saturated rings. The summed E-state index contributed by atoms with van der Waals surface area (Å²) < 4.78 is 15.8. The van der Waals surface area contributed by atoms with E-state index in [0.29, 0.717) is 22.0 Å². The van der Waals surface area contributed by atoms with Crippen LogP contribution in [0.5, 0.6) is 5.75 Å². The Kier molecular flexibility index (Phi) is 7.79. The minimum absolute atomic E-state index is 0.145. The van der Waals surface area contributed by atoms with Crippen LogP contribution >= 0.6 is 11.8 Å². The third kappa shape index (κ3) is 6.48. The average Bonchev–Trinajstić information content (AvgIpc) is 3.37. The van der Waals surface area contributed by atoms with Crippen molar-refractivity contribution < 1.29 is 23.6 Å². The number of hydrogen-bond donors (Lipinski definition) is 1. The predicted molar refractivity (Wildman–Crippen MR) is 132 cm³/mol. The lowest BCUT2D eigenvalue weighted by Gasteiger charge is -2.09. The van der Waals surface area contributed by atoms with Crippen molar-refractivity contribution in [2.24, 2.45) is 0 Å². The van der Waals surface area contributed by atoms with Crippen LogP contribution in [0.2, 0.25) is 0 Å². The molecule has 0 spiro atoms. The van der Waals surface area contributed by atoms with Crippen LogP contribution in [0.3, 0.4) is 0 Å². The fourth-order valence-corrected chi connectivity index (χ4v) is 3.98. The number of thioether (sulfide) groups is 1. The molecule has 1 amide bonds. The van der Waals surface area contributed by atoms with E-state index in [4.69, 9.17) is 14.0 Å². The summed E-state index contributed by atoms with van der Waals surface area (Å²) in [7, 11) is 1.58. The molecule has 1 N–H and O–H groups in total. The zero-order chi connectivity index (χ0) is 24.6. The lowest BCUT2D eigenvalue weighted by atomic mass is 10.2. The van der Waals surface area contributed by atoms with Gasteiger partial charge in [-0.25, -0.2) is 4.79 Å². The maximum atomic E-state index is 12.7. The summed E-state index contributed by atoms with van der Waals surface area (Å²) in [5.41, 5.74) is 2.91. The van der Waals surface area contributed by atoms with Gasteiger partial charge in [-0.3, -0.25) is 4.79 Å². The minimum Gasteiger partial charge on any atom is -0.497 e. The Morgan fingerprint density at radius 3 is 2.63 bits per heavy atom. The Balaban J connectivity index is 1.34. The highest BCUT2D eigenvalue weighted by molar-refractivity contribution is 8.00. The Bertz CT molecular complexity index is 1320. The molecule has 178 valence electrons. The van der Waals surface area contributed by atoms with Crippen molar-refractivity contribution >= 4 is 29.3 Å². The van der Waals surface area contributed by atoms with Crippen LogP contribution in [-0.2, 0) is 16.1 Å². The second-order valence-corrected chi connectivity index (χ2v) is 8.54. The van der Waals surface area contributed by atoms with E-state index >= 15 is 0 Å². The molecular formula is C26H23N3O5S. The highest BCUT2D eigenvalue weighted by atomic mass is 32.2. The largest absolute Gasteiger partial charge is 0.497 e. The standard InChI is InChI=1S/C26H23N3O5S/c1-17-10-12-19(13-11-17)27-23(30)16-35-22-9-4-3-8-21(22)26(31)33-15-24-28-25(29-34-24)18-6-5-7-20(14-18)32-2/h3-14H,15-16H2,1-2H3,(H,27,30). The summed E-state index contributed by atoms with van der Waals surface area (Å²) in [5.74, 6) is 0.628. The molecule has 0 unspecified atom stereocenters. The van der Waals surface area contributed by atoms with Gasteiger partial charge in [0.05, 0.1) is 18.4 Å². The van der Waals surface area contributed by atoms with Crippen LogP contribution in [0.4, 0.5) is 5.69 Å². The molecule has 0 aliphatic heterocycles. The van der Waals surface area contributed by atoms with Crippen molar-refractivity contribution in [2.75, 3.05) is 18.2 Å². The van der Waals surface area contributed by atoms with E-state index in [1.54, 1.807) is 37.4 Å². The number of carbonyl (C=O) groups is 2. The Hall–Kier alpha value is -4.11. The van der Waals surface area contributed by atoms with Gasteiger partial charge in [0, 0.05) is 16.1 Å². The molecule has 9 heteroatoms. The number of esters is 1. The number of anilines is 1. The van der Waals surface area contributed by atoms with E-state index in [0.717, 1.165) is 16.8 Å². The van der Waals surface area contributed by atoms with Gasteiger partial charge in [0.1, 0.15) is 5.75 Å². The number of carbonyl (C=O) groups excluding carboxylic acids is 2. The number of nitrogens with one attached hydrogen (secondary N) is 1. The Morgan fingerprint density at radius 2 is 1.83 bits per heavy atom. The fourth-order valence-electron chi connectivity index (χ4n) is 3.14. The first-order valence-corrected chi connectivity index (χ1v) is 11.7. The molecule has 0 aliphatic carbocycles. The number of benzene rings is 3. The van der Waals surface area contributed by atoms with Crippen molar-refractivity contribution in [2.45, 2.75) is 18.4 Å². The highest BCUT2D eigenvalue weighted by Gasteiger charge is 2.17. The molecule has 0 radical (unpaired) electrons. The van der Waals surface area contributed by atoms with Gasteiger partial charge in [0.25, 0.3) is 5.89 Å². The van der Waals surface area contributed by atoms with Crippen LogP contribution in [-0.4, -0.2) is 34.9 Å². The number of aryl methyl sites for hydroxylation is 1. The maximum absolute atomic E-state index is 12.7. The van der Waals surface area contributed by atoms with Gasteiger partial charge in [-0.2, -0.15) is 4.98 Å². The lowest BCUT2D eigenvalue weighted by molar-refractivity contribution is -0.113. The van der Waals surface area contributed by atoms with Crippen molar-refractivity contribution in [1.82, 2.24) is 10.1 Å². The number of ether oxygens (including phenoxy) is 2. The highest BCUT2D eigenvalue weighted by Crippen LogP contribution is 2.25. The van der Waals surface area contributed by atoms with Crippen molar-refractivity contribution in [3.8, 4) is 17.1 Å². The first-order chi connectivity index (χ1) is 17.0. The van der Waals surface area contributed by atoms with Gasteiger partial charge < -0.3 is 19.3 Å². The van der Waals surface area contributed by atoms with Crippen LogP contribution in [0.25, 0.3) is 11.4 Å². The number of methoxy groups -OCH3 is 1. The molecule has 3 aromatic carbocycles. The number of rotatable bonds is 9. The van der Waals surface area contributed by atoms with Crippen molar-refractivity contribution in [3.63, 3.8) is 0 Å². The van der Waals surface area contributed by atoms with Gasteiger partial charge in [-0.1, -0.05) is 47.1 Å². The molecule has 0 aliphatic rings. The van der Waals surface area contributed by atoms with E-state index in [1.807, 2.05) is 49.4 Å². The summed E-state index contributed by atoms with van der Waals surface area (Å²) in [6, 6.07) is 21.7. The SMILES string of the molecule is COc1cccc(-c2noc(COC(=O)c3ccccc3SCC(=O)Nc3ccc(C)cc3)n2)c1. The van der Waals surface area contributed by atoms with E-state index in [9.17, 15) is 9.59 Å². The van der Waals surface area contributed by atoms with Gasteiger partial charge in [-0.15, -0.1) is 11.8 Å². The first kappa shape index (κ1) is 24.0. The van der Waals surface area contributed by atoms with Crippen LogP contribution in [0, 0.1) is 6.92 Å². The summed E-state index contributed by atoms with van der Waals surface area (Å²) in [6.45, 7) is 1.80. The Labute approximate surface area is 206 Å². The smallest absolute Gasteiger partial charge is 0.339 e. The van der Waals surface area contributed by atoms with Crippen LogP contribution in [0.1, 0.15) is 21.8 Å². The molecule has 0 bridgehead atoms. The van der Waals surface area contributed by atoms with Crippen LogP contribution < -0.4 is 10.1 Å². The van der Waals surface area contributed by atoms with Crippen molar-refractivity contribution in [1.29, 1.82) is 0 Å². The number of hydrogen-bond acceptors (Lipinski definition) is 8. The molecule has 4 aromatic rings. The first-order valence-electron chi connectivity index (χ1n) is 10.7.